The summed E-state index contributed by atoms with van der Waals surface area (Å²) in [6.45, 7) is 4.31. The third-order valence-corrected chi connectivity index (χ3v) is 13.2. The highest BCUT2D eigenvalue weighted by molar-refractivity contribution is 7.94. The van der Waals surface area contributed by atoms with E-state index in [1.807, 2.05) is 12.1 Å². The van der Waals surface area contributed by atoms with Gasteiger partial charge in [0.05, 0.1) is 39.6 Å². The van der Waals surface area contributed by atoms with Crippen LogP contribution in [0, 0.1) is 18.8 Å². The number of hydrogen-bond acceptors (Lipinski definition) is 8. The molecule has 0 saturated heterocycles. The number of methoxy groups -OCH3 is 1. The lowest BCUT2D eigenvalue weighted by atomic mass is 9.68. The summed E-state index contributed by atoms with van der Waals surface area (Å²) in [6, 6.07) is 14.0. The Balaban J connectivity index is 1.25. The van der Waals surface area contributed by atoms with Crippen molar-refractivity contribution in [1.82, 2.24) is 5.16 Å². The van der Waals surface area contributed by atoms with Crippen molar-refractivity contribution in [3.63, 3.8) is 0 Å². The minimum absolute atomic E-state index is 0.0123. The van der Waals surface area contributed by atoms with E-state index in [2.05, 4.69) is 51.7 Å². The summed E-state index contributed by atoms with van der Waals surface area (Å²) < 4.78 is 36.2. The van der Waals surface area contributed by atoms with Crippen molar-refractivity contribution in [1.29, 1.82) is 0 Å². The molecule has 0 unspecified atom stereocenters. The first-order valence-electron chi connectivity index (χ1n) is 17.7. The van der Waals surface area contributed by atoms with Crippen LogP contribution in [0.1, 0.15) is 77.7 Å². The molecule has 3 aromatic rings. The first-order valence-corrected chi connectivity index (χ1v) is 19.6. The van der Waals surface area contributed by atoms with E-state index in [4.69, 9.17) is 14.0 Å². The second-order valence-corrected chi connectivity index (χ2v) is 16.9. The van der Waals surface area contributed by atoms with Crippen LogP contribution in [-0.4, -0.2) is 65.5 Å². The number of carbonyl (C=O) groups is 2. The van der Waals surface area contributed by atoms with E-state index in [1.165, 1.54) is 23.0 Å². The minimum atomic E-state index is -3.16. The topological polar surface area (TPSA) is 111 Å². The lowest BCUT2D eigenvalue weighted by Crippen LogP contribution is -2.49. The third kappa shape index (κ3) is 7.26. The predicted molar refractivity (Wildman–Crippen MR) is 190 cm³/mol. The van der Waals surface area contributed by atoms with Crippen LogP contribution in [0.25, 0.3) is 0 Å². The van der Waals surface area contributed by atoms with E-state index in [0.717, 1.165) is 56.6 Å². The maximum atomic E-state index is 14.3. The lowest BCUT2D eigenvalue weighted by Gasteiger charge is -2.46. The average Bonchev–Trinajstić information content (AvgIpc) is 3.55. The summed E-state index contributed by atoms with van der Waals surface area (Å²) in [5, 5.41) is 3.87. The first kappa shape index (κ1) is 33.7. The van der Waals surface area contributed by atoms with Gasteiger partial charge in [-0.2, -0.15) is 4.36 Å². The average molecular weight is 686 g/mol. The van der Waals surface area contributed by atoms with Crippen LogP contribution in [0.15, 0.2) is 69.8 Å². The van der Waals surface area contributed by atoms with Gasteiger partial charge >= 0.3 is 0 Å². The Morgan fingerprint density at radius 2 is 2.04 bits per heavy atom. The van der Waals surface area contributed by atoms with Gasteiger partial charge in [-0.05, 0) is 93.0 Å². The van der Waals surface area contributed by atoms with E-state index in [0.29, 0.717) is 49.0 Å². The van der Waals surface area contributed by atoms with Crippen molar-refractivity contribution in [2.45, 2.75) is 76.2 Å². The zero-order valence-electron chi connectivity index (χ0n) is 28.6. The van der Waals surface area contributed by atoms with Crippen LogP contribution in [0.4, 0.5) is 5.69 Å². The van der Waals surface area contributed by atoms with Crippen LogP contribution < -0.4 is 9.64 Å². The summed E-state index contributed by atoms with van der Waals surface area (Å²) in [4.78, 5) is 29.4. The molecule has 2 bridgehead atoms. The highest BCUT2D eigenvalue weighted by atomic mass is 32.2. The summed E-state index contributed by atoms with van der Waals surface area (Å²) >= 11 is 0. The van der Waals surface area contributed by atoms with E-state index >= 15 is 0 Å². The van der Waals surface area contributed by atoms with E-state index < -0.39 is 15.6 Å². The maximum absolute atomic E-state index is 14.3. The SMILES string of the molecule is CO[C@H]1/C=C/CCC[S@@](=O)(CC(=O)CCc2ccon2)=NC(=O)c2ccc3c(c2)N(C[C@@H]2CC[C@H]21)C[C@@]1(CCCc2cc(C)ccc21)CO3. The fourth-order valence-electron chi connectivity index (χ4n) is 8.31. The molecule has 1 spiro atoms. The summed E-state index contributed by atoms with van der Waals surface area (Å²) in [6.07, 6.45) is 12.8. The number of nitrogens with zero attached hydrogens (tertiary/aromatic N) is 3. The number of benzene rings is 2. The number of ketones is 1. The first-order chi connectivity index (χ1) is 23.7. The molecule has 2 aliphatic heterocycles. The van der Waals surface area contributed by atoms with Crippen molar-refractivity contribution < 1.29 is 27.8 Å². The fraction of sp³-hybridized carbons (Fsp3) is 0.513. The van der Waals surface area contributed by atoms with Crippen molar-refractivity contribution in [3.8, 4) is 5.75 Å². The van der Waals surface area contributed by atoms with Crippen LogP contribution in [0.3, 0.4) is 0 Å². The summed E-state index contributed by atoms with van der Waals surface area (Å²) in [5.41, 5.74) is 5.75. The molecule has 5 atom stereocenters. The summed E-state index contributed by atoms with van der Waals surface area (Å²) in [5.74, 6) is 0.675. The molecule has 1 fully saturated rings. The van der Waals surface area contributed by atoms with E-state index in [-0.39, 0.29) is 35.2 Å². The Labute approximate surface area is 289 Å². The van der Waals surface area contributed by atoms with Gasteiger partial charge in [0.15, 0.2) is 0 Å². The number of anilines is 1. The number of allylic oxidation sites excluding steroid dienone is 1. The zero-order valence-corrected chi connectivity index (χ0v) is 29.4. The fourth-order valence-corrected chi connectivity index (χ4v) is 10.3. The number of Topliss-reactive ketones (excluding diaryl/α,β-unsaturated/α-hetero) is 1. The number of fused-ring (bicyclic) bond motifs is 4. The van der Waals surface area contributed by atoms with E-state index in [9.17, 15) is 13.8 Å². The number of ether oxygens (including phenoxy) is 2. The Morgan fingerprint density at radius 3 is 2.84 bits per heavy atom. The number of carbonyl (C=O) groups excluding carboxylic acids is 2. The Bertz CT molecular complexity index is 1840. The molecule has 2 aromatic carbocycles. The monoisotopic (exact) mass is 685 g/mol. The van der Waals surface area contributed by atoms with Gasteiger partial charge in [0.1, 0.15) is 17.8 Å². The maximum Gasteiger partial charge on any atom is 0.285 e. The molecule has 0 N–H and O–H groups in total. The summed E-state index contributed by atoms with van der Waals surface area (Å²) in [7, 11) is -1.38. The van der Waals surface area contributed by atoms with Gasteiger partial charge < -0.3 is 18.9 Å². The molecule has 0 radical (unpaired) electrons. The van der Waals surface area contributed by atoms with Gasteiger partial charge in [-0.15, -0.1) is 0 Å². The number of aromatic nitrogens is 1. The Morgan fingerprint density at radius 1 is 1.14 bits per heavy atom. The highest BCUT2D eigenvalue weighted by Crippen LogP contribution is 2.47. The quantitative estimate of drug-likeness (QED) is 0.265. The molecule has 49 heavy (non-hydrogen) atoms. The van der Waals surface area contributed by atoms with Crippen molar-refractivity contribution in [2.24, 2.45) is 16.2 Å². The highest BCUT2D eigenvalue weighted by Gasteiger charge is 2.44. The van der Waals surface area contributed by atoms with Gasteiger partial charge in [-0.1, -0.05) is 41.1 Å². The minimum Gasteiger partial charge on any atom is -0.490 e. The van der Waals surface area contributed by atoms with Crippen LogP contribution in [0.5, 0.6) is 5.75 Å². The number of hydrogen-bond donors (Lipinski definition) is 0. The second kappa shape index (κ2) is 14.2. The Kier molecular flexibility index (Phi) is 9.79. The molecular formula is C39H47N3O6S. The molecule has 10 heteroatoms. The predicted octanol–water partition coefficient (Wildman–Crippen LogP) is 6.66. The smallest absolute Gasteiger partial charge is 0.285 e. The van der Waals surface area contributed by atoms with Gasteiger partial charge in [0, 0.05) is 55.8 Å². The molecular weight excluding hydrogens is 639 g/mol. The Hall–Kier alpha value is -3.76. The third-order valence-electron chi connectivity index (χ3n) is 11.0. The zero-order chi connectivity index (χ0) is 34.0. The van der Waals surface area contributed by atoms with Crippen molar-refractivity contribution in [3.05, 3.63) is 88.8 Å². The standard InChI is InChI=1S/C39H47N3O6S/c1-27-9-15-34-28(21-27)7-6-18-39(34)25-42-23-30-10-14-33(30)36(46-2)8-4-3-5-20-49(45,24-32(43)13-12-31-17-19-48-40-31)41-38(44)29-11-16-37(47-26-39)35(42)22-29/h4,8-9,11,15-17,19,21-22,30,33,36H,3,5-7,10,12-14,18,20,23-26H2,1-2H3/b8-4+/t30-,33+,36-,39-,49+/m0/s1. The van der Waals surface area contributed by atoms with Crippen molar-refractivity contribution >= 4 is 27.1 Å². The lowest BCUT2D eigenvalue weighted by molar-refractivity contribution is -0.116. The normalized spacial score (nSPS) is 29.1. The molecule has 7 rings (SSSR count). The molecule has 2 aliphatic carbocycles. The van der Waals surface area contributed by atoms with Gasteiger partial charge in [0.2, 0.25) is 0 Å². The molecule has 260 valence electrons. The molecule has 3 heterocycles. The number of aryl methyl sites for hydroxylation is 3. The van der Waals surface area contributed by atoms with Crippen LogP contribution in [-0.2, 0) is 37.5 Å². The number of amides is 1. The molecule has 1 amide bonds. The van der Waals surface area contributed by atoms with Crippen molar-refractivity contribution in [2.75, 3.05) is 43.2 Å². The van der Waals surface area contributed by atoms with Crippen LogP contribution >= 0.6 is 0 Å². The molecule has 1 aromatic heterocycles. The van der Waals surface area contributed by atoms with Gasteiger partial charge in [-0.25, -0.2) is 4.21 Å². The molecule has 4 aliphatic rings. The molecule has 1 saturated carbocycles. The van der Waals surface area contributed by atoms with Gasteiger partial charge in [-0.3, -0.25) is 9.59 Å². The van der Waals surface area contributed by atoms with E-state index in [1.54, 1.807) is 19.2 Å². The number of rotatable bonds is 6. The van der Waals surface area contributed by atoms with Crippen LogP contribution in [0.2, 0.25) is 0 Å². The largest absolute Gasteiger partial charge is 0.490 e. The second-order valence-electron chi connectivity index (χ2n) is 14.5. The van der Waals surface area contributed by atoms with Gasteiger partial charge in [0.25, 0.3) is 5.91 Å². The molecule has 9 nitrogen and oxygen atoms in total.